The van der Waals surface area contributed by atoms with Gasteiger partial charge in [-0.25, -0.2) is 14.8 Å². The van der Waals surface area contributed by atoms with Crippen LogP contribution in [0.3, 0.4) is 0 Å². The van der Waals surface area contributed by atoms with Crippen LogP contribution < -0.4 is 26.1 Å². The fourth-order valence-corrected chi connectivity index (χ4v) is 8.61. The summed E-state index contributed by atoms with van der Waals surface area (Å²) in [6.45, 7) is 7.68. The van der Waals surface area contributed by atoms with Crippen molar-refractivity contribution in [3.63, 3.8) is 0 Å². The summed E-state index contributed by atoms with van der Waals surface area (Å²) in [5, 5.41) is 5.27. The van der Waals surface area contributed by atoms with E-state index >= 15 is 0 Å². The molecule has 54 heavy (non-hydrogen) atoms. The molecule has 2 aromatic carbocycles. The van der Waals surface area contributed by atoms with Crippen molar-refractivity contribution in [3.8, 4) is 22.8 Å². The van der Waals surface area contributed by atoms with Crippen molar-refractivity contribution in [2.45, 2.75) is 38.1 Å². The van der Waals surface area contributed by atoms with Crippen molar-refractivity contribution >= 4 is 40.1 Å². The Morgan fingerprint density at radius 3 is 2.31 bits per heavy atom. The molecule has 0 radical (unpaired) electrons. The molecule has 14 heteroatoms. The first kappa shape index (κ1) is 34.0. The van der Waals surface area contributed by atoms with Gasteiger partial charge < -0.3 is 20.1 Å². The number of aryl methyl sites for hydroxylation is 1. The van der Waals surface area contributed by atoms with Crippen molar-refractivity contribution in [3.05, 3.63) is 82.5 Å². The lowest BCUT2D eigenvalue weighted by Crippen LogP contribution is -2.49. The van der Waals surface area contributed by atoms with Gasteiger partial charge in [-0.15, -0.1) is 0 Å². The van der Waals surface area contributed by atoms with E-state index in [-0.39, 0.29) is 23.9 Å². The third kappa shape index (κ3) is 6.33. The van der Waals surface area contributed by atoms with E-state index in [4.69, 9.17) is 4.98 Å². The average molecular weight is 729 g/mol. The summed E-state index contributed by atoms with van der Waals surface area (Å²) < 4.78 is 3.15. The van der Waals surface area contributed by atoms with Crippen molar-refractivity contribution in [2.24, 2.45) is 13.0 Å². The number of H-pyrrole nitrogens is 1. The number of aromatic nitrogens is 5. The molecule has 0 aliphatic carbocycles. The van der Waals surface area contributed by atoms with Crippen LogP contribution in [0.5, 0.6) is 0 Å². The zero-order valence-corrected chi connectivity index (χ0v) is 30.4. The summed E-state index contributed by atoms with van der Waals surface area (Å²) in [6, 6.07) is 17.6. The van der Waals surface area contributed by atoms with E-state index in [0.29, 0.717) is 35.8 Å². The Bertz CT molecular complexity index is 2310. The Kier molecular flexibility index (Phi) is 8.76. The van der Waals surface area contributed by atoms with Gasteiger partial charge in [-0.05, 0) is 79.8 Å². The predicted molar refractivity (Wildman–Crippen MR) is 205 cm³/mol. The normalized spacial score (nSPS) is 19.9. The molecule has 4 aliphatic heterocycles. The molecule has 278 valence electrons. The van der Waals surface area contributed by atoms with E-state index < -0.39 is 11.9 Å². The van der Waals surface area contributed by atoms with Crippen LogP contribution in [0.25, 0.3) is 33.8 Å². The summed E-state index contributed by atoms with van der Waals surface area (Å²) in [7, 11) is 1.74. The fraction of sp³-hybridized carbons (Fsp3) is 0.400. The van der Waals surface area contributed by atoms with Crippen LogP contribution in [-0.4, -0.2) is 99.1 Å². The first-order valence-corrected chi connectivity index (χ1v) is 19.0. The number of aromatic amines is 1. The van der Waals surface area contributed by atoms with E-state index in [1.54, 1.807) is 17.8 Å². The molecule has 14 nitrogen and oxygen atoms in total. The van der Waals surface area contributed by atoms with Crippen LogP contribution in [0.4, 0.5) is 11.4 Å². The zero-order valence-electron chi connectivity index (χ0n) is 30.4. The predicted octanol–water partition coefficient (Wildman–Crippen LogP) is 3.09. The Balaban J connectivity index is 0.777. The first-order valence-electron chi connectivity index (χ1n) is 19.0. The number of imidazole rings is 1. The van der Waals surface area contributed by atoms with Crippen LogP contribution in [0, 0.1) is 5.92 Å². The summed E-state index contributed by atoms with van der Waals surface area (Å²) in [5.41, 5.74) is 7.74. The second-order valence-corrected chi connectivity index (χ2v) is 15.0. The molecule has 3 N–H and O–H groups in total. The van der Waals surface area contributed by atoms with Gasteiger partial charge in [0.05, 0.1) is 28.0 Å². The SMILES string of the molecule is Cn1c(=O)n(C2CCC(=O)NC2=O)c2ccc(N3CCC(CN4CCN(c5ccc(-c6nccc(-c7cc8c([nH]7)CCNC8=O)n6)cc5)CC4)CC3)cc21. The quantitative estimate of drug-likeness (QED) is 0.215. The van der Waals surface area contributed by atoms with Crippen molar-refractivity contribution in [1.82, 2.24) is 39.6 Å². The van der Waals surface area contributed by atoms with Crippen LogP contribution in [-0.2, 0) is 23.1 Å². The standard InChI is InChI=1S/C40H44N10O4/c1-46-35-22-28(6-7-33(35)50(40(46)54)34-8-9-36(51)45-39(34)53)48-16-12-25(13-17-48)24-47-18-20-49(21-19-47)27-4-2-26(3-5-27)37-41-14-11-31(44-37)32-23-29-30(43-32)10-15-42-38(29)52/h2-7,11,14,22-23,25,34,43H,8-10,12-13,15-21,24H2,1H3,(H,42,52)(H,45,51,53). The Labute approximate surface area is 312 Å². The molecule has 7 heterocycles. The highest BCUT2D eigenvalue weighted by Crippen LogP contribution is 2.30. The molecule has 4 aliphatic rings. The number of nitrogens with one attached hydrogen (secondary N) is 3. The maximum atomic E-state index is 13.2. The number of benzene rings is 2. The number of piperazine rings is 1. The van der Waals surface area contributed by atoms with E-state index in [9.17, 15) is 19.2 Å². The summed E-state index contributed by atoms with van der Waals surface area (Å²) in [5.74, 6) is 0.540. The van der Waals surface area contributed by atoms with Crippen LogP contribution in [0.2, 0.25) is 0 Å². The molecular formula is C40H44N10O4. The van der Waals surface area contributed by atoms with Crippen molar-refractivity contribution in [2.75, 3.05) is 62.2 Å². The lowest BCUT2D eigenvalue weighted by atomic mass is 9.95. The Morgan fingerprint density at radius 2 is 1.56 bits per heavy atom. The largest absolute Gasteiger partial charge is 0.371 e. The number of fused-ring (bicyclic) bond motifs is 2. The highest BCUT2D eigenvalue weighted by atomic mass is 16.2. The van der Waals surface area contributed by atoms with Gasteiger partial charge in [0.2, 0.25) is 11.8 Å². The van der Waals surface area contributed by atoms with Crippen LogP contribution in [0.15, 0.2) is 65.6 Å². The molecule has 3 saturated heterocycles. The number of amides is 3. The topological polar surface area (TPSA) is 153 Å². The number of hydrogen-bond acceptors (Lipinski definition) is 9. The summed E-state index contributed by atoms with van der Waals surface area (Å²) >= 11 is 0. The molecule has 0 bridgehead atoms. The van der Waals surface area contributed by atoms with E-state index in [0.717, 1.165) is 98.9 Å². The maximum Gasteiger partial charge on any atom is 0.329 e. The highest BCUT2D eigenvalue weighted by molar-refractivity contribution is 6.00. The minimum absolute atomic E-state index is 0.0456. The van der Waals surface area contributed by atoms with Gasteiger partial charge in [-0.2, -0.15) is 0 Å². The van der Waals surface area contributed by atoms with Crippen molar-refractivity contribution < 1.29 is 14.4 Å². The van der Waals surface area contributed by atoms with Gasteiger partial charge in [0.1, 0.15) is 6.04 Å². The minimum atomic E-state index is -0.679. The smallest absolute Gasteiger partial charge is 0.329 e. The molecule has 3 fully saturated rings. The Morgan fingerprint density at radius 1 is 0.796 bits per heavy atom. The van der Waals surface area contributed by atoms with Gasteiger partial charge >= 0.3 is 5.69 Å². The number of carbonyl (C=O) groups is 3. The molecule has 1 atom stereocenters. The number of anilines is 2. The zero-order chi connectivity index (χ0) is 36.9. The molecule has 1 unspecified atom stereocenters. The lowest BCUT2D eigenvalue weighted by Gasteiger charge is -2.40. The molecule has 0 saturated carbocycles. The first-order chi connectivity index (χ1) is 26.3. The third-order valence-corrected chi connectivity index (χ3v) is 11.7. The third-order valence-electron chi connectivity index (χ3n) is 11.7. The highest BCUT2D eigenvalue weighted by Gasteiger charge is 2.32. The monoisotopic (exact) mass is 728 g/mol. The summed E-state index contributed by atoms with van der Waals surface area (Å²) in [6.07, 6.45) is 5.33. The van der Waals surface area contributed by atoms with Gasteiger partial charge in [-0.1, -0.05) is 0 Å². The van der Waals surface area contributed by atoms with Crippen LogP contribution in [0.1, 0.15) is 47.8 Å². The van der Waals surface area contributed by atoms with E-state index in [2.05, 4.69) is 71.7 Å². The number of piperidine rings is 2. The molecule has 0 spiro atoms. The number of rotatable bonds is 7. The Hall–Kier alpha value is -5.76. The lowest BCUT2D eigenvalue weighted by molar-refractivity contribution is -0.135. The number of carbonyl (C=O) groups excluding carboxylic acids is 3. The molecule has 5 aromatic rings. The van der Waals surface area contributed by atoms with E-state index in [1.165, 1.54) is 10.3 Å². The number of hydrogen-bond donors (Lipinski definition) is 3. The fourth-order valence-electron chi connectivity index (χ4n) is 8.61. The maximum absolute atomic E-state index is 13.2. The van der Waals surface area contributed by atoms with Gasteiger partial charge in [-0.3, -0.25) is 33.7 Å². The molecule has 3 aromatic heterocycles. The van der Waals surface area contributed by atoms with Gasteiger partial charge in [0.25, 0.3) is 5.91 Å². The molecule has 3 amide bonds. The van der Waals surface area contributed by atoms with Crippen molar-refractivity contribution in [1.29, 1.82) is 0 Å². The minimum Gasteiger partial charge on any atom is -0.371 e. The average Bonchev–Trinajstić information content (AvgIpc) is 3.75. The molecular weight excluding hydrogens is 685 g/mol. The second kappa shape index (κ2) is 13.9. The number of nitrogens with zero attached hydrogens (tertiary/aromatic N) is 7. The number of imide groups is 1. The molecule has 9 rings (SSSR count). The summed E-state index contributed by atoms with van der Waals surface area (Å²) in [4.78, 5) is 69.9. The second-order valence-electron chi connectivity index (χ2n) is 15.0. The van der Waals surface area contributed by atoms with E-state index in [1.807, 2.05) is 18.2 Å². The van der Waals surface area contributed by atoms with Gasteiger partial charge in [0, 0.05) is 101 Å². The van der Waals surface area contributed by atoms with Crippen LogP contribution >= 0.6 is 0 Å². The van der Waals surface area contributed by atoms with Gasteiger partial charge in [0.15, 0.2) is 5.82 Å².